The van der Waals surface area contributed by atoms with Crippen LogP contribution >= 0.6 is 0 Å². The number of aromatic amines is 2. The second kappa shape index (κ2) is 8.94. The summed E-state index contributed by atoms with van der Waals surface area (Å²) < 4.78 is 27.4. The van der Waals surface area contributed by atoms with Gasteiger partial charge in [0.2, 0.25) is 5.82 Å². The Kier molecular flexibility index (Phi) is 5.45. The minimum atomic E-state index is -3.74. The molecule has 5 aromatic heterocycles. The molecule has 1 amide bonds. The highest BCUT2D eigenvalue weighted by Crippen LogP contribution is 2.45. The number of rotatable bonds is 5. The molecule has 40 heavy (non-hydrogen) atoms. The quantitative estimate of drug-likeness (QED) is 0.286. The van der Waals surface area contributed by atoms with Crippen LogP contribution in [0.15, 0.2) is 48.1 Å². The average Bonchev–Trinajstić information content (AvgIpc) is 3.74. The van der Waals surface area contributed by atoms with Gasteiger partial charge in [0.15, 0.2) is 15.5 Å². The lowest BCUT2D eigenvalue weighted by Crippen LogP contribution is -2.46. The minimum absolute atomic E-state index is 0.0116. The molecule has 2 bridgehead atoms. The van der Waals surface area contributed by atoms with Gasteiger partial charge in [-0.1, -0.05) is 6.07 Å². The predicted octanol–water partition coefficient (Wildman–Crippen LogP) is 1.84. The number of piperidine rings is 1. The van der Waals surface area contributed by atoms with E-state index in [2.05, 4.69) is 35.5 Å². The number of H-pyrrole nitrogens is 2. The summed E-state index contributed by atoms with van der Waals surface area (Å²) >= 11 is 0. The first kappa shape index (κ1) is 24.4. The molecule has 7 heterocycles. The van der Waals surface area contributed by atoms with Gasteiger partial charge in [-0.05, 0) is 31.7 Å². The van der Waals surface area contributed by atoms with Crippen LogP contribution in [0.2, 0.25) is 0 Å². The number of anilines is 1. The maximum absolute atomic E-state index is 13.1. The third-order valence-electron chi connectivity index (χ3n) is 7.88. The van der Waals surface area contributed by atoms with Crippen molar-refractivity contribution in [3.05, 3.63) is 54.8 Å². The number of nitrogens with zero attached hydrogens (tertiary/aromatic N) is 8. The molecule has 7 rings (SSSR count). The van der Waals surface area contributed by atoms with Gasteiger partial charge in [0, 0.05) is 53.3 Å². The van der Waals surface area contributed by atoms with Crippen molar-refractivity contribution in [2.45, 2.75) is 48.6 Å². The average molecular weight is 560 g/mol. The van der Waals surface area contributed by atoms with Crippen LogP contribution in [0.5, 0.6) is 0 Å². The minimum Gasteiger partial charge on any atom is -0.382 e. The number of carbonyl (C=O) groups is 1. The zero-order valence-corrected chi connectivity index (χ0v) is 22.2. The van der Waals surface area contributed by atoms with Crippen LogP contribution in [0, 0.1) is 0 Å². The third kappa shape index (κ3) is 3.84. The first-order chi connectivity index (χ1) is 19.3. The summed E-state index contributed by atoms with van der Waals surface area (Å²) in [4.78, 5) is 27.2. The van der Waals surface area contributed by atoms with E-state index >= 15 is 0 Å². The fourth-order valence-electron chi connectivity index (χ4n) is 6.16. The van der Waals surface area contributed by atoms with Crippen LogP contribution in [-0.4, -0.2) is 82.5 Å². The van der Waals surface area contributed by atoms with E-state index in [1.54, 1.807) is 24.8 Å². The molecule has 2 saturated heterocycles. The van der Waals surface area contributed by atoms with Crippen LogP contribution in [0.25, 0.3) is 28.0 Å². The molecule has 3 atom stereocenters. The second-order valence-corrected chi connectivity index (χ2v) is 12.3. The van der Waals surface area contributed by atoms with E-state index < -0.39 is 9.84 Å². The maximum atomic E-state index is 13.1. The van der Waals surface area contributed by atoms with Gasteiger partial charge in [0.25, 0.3) is 5.91 Å². The number of amides is 1. The number of fused-ring (bicyclic) bond motifs is 3. The number of nitrogen functional groups attached to an aromatic ring is 1. The molecule has 4 N–H and O–H groups in total. The third-order valence-corrected chi connectivity index (χ3v) is 9.04. The lowest BCUT2D eigenvalue weighted by atomic mass is 9.87. The Morgan fingerprint density at radius 1 is 1.10 bits per heavy atom. The summed E-state index contributed by atoms with van der Waals surface area (Å²) in [6, 6.07) is 3.63. The largest absolute Gasteiger partial charge is 0.382 e. The molecule has 0 spiro atoms. The summed E-state index contributed by atoms with van der Waals surface area (Å²) in [6.45, 7) is 0. The predicted molar refractivity (Wildman–Crippen MR) is 143 cm³/mol. The van der Waals surface area contributed by atoms with Crippen LogP contribution in [0.4, 0.5) is 5.82 Å². The van der Waals surface area contributed by atoms with Gasteiger partial charge in [-0.2, -0.15) is 14.7 Å². The van der Waals surface area contributed by atoms with Crippen LogP contribution < -0.4 is 5.73 Å². The highest BCUT2D eigenvalue weighted by molar-refractivity contribution is 7.91. The Bertz CT molecular complexity index is 1820. The van der Waals surface area contributed by atoms with E-state index in [0.717, 1.165) is 35.9 Å². The SMILES string of the molecule is CS(=O)(=O)c1c(C2C[C@H]3CC[C@@H](C2)N3C(=O)c2nnc[nH]2)nc2c(-c3ccc(-c4cn[nH]c4)nc3)cnn2c1N. The van der Waals surface area contributed by atoms with E-state index in [1.807, 2.05) is 17.0 Å². The van der Waals surface area contributed by atoms with Crippen molar-refractivity contribution in [1.82, 2.24) is 49.9 Å². The molecule has 2 aliphatic heterocycles. The molecule has 0 aliphatic carbocycles. The highest BCUT2D eigenvalue weighted by atomic mass is 32.2. The second-order valence-electron chi connectivity index (χ2n) is 10.3. The maximum Gasteiger partial charge on any atom is 0.292 e. The van der Waals surface area contributed by atoms with Crippen LogP contribution in [0.1, 0.15) is 47.9 Å². The van der Waals surface area contributed by atoms with E-state index in [0.29, 0.717) is 29.7 Å². The lowest BCUT2D eigenvalue weighted by molar-refractivity contribution is 0.0556. The number of carbonyl (C=O) groups excluding carboxylic acids is 1. The Morgan fingerprint density at radius 3 is 2.52 bits per heavy atom. The summed E-state index contributed by atoms with van der Waals surface area (Å²) in [6.07, 6.45) is 12.1. The molecule has 15 heteroatoms. The van der Waals surface area contributed by atoms with Gasteiger partial charge in [-0.15, -0.1) is 10.2 Å². The van der Waals surface area contributed by atoms with E-state index in [1.165, 1.54) is 10.8 Å². The monoisotopic (exact) mass is 559 g/mol. The summed E-state index contributed by atoms with van der Waals surface area (Å²) in [5.74, 6) is -0.187. The van der Waals surface area contributed by atoms with Crippen molar-refractivity contribution in [2.75, 3.05) is 12.0 Å². The zero-order valence-electron chi connectivity index (χ0n) is 21.4. The molecule has 5 aromatic rings. The van der Waals surface area contributed by atoms with Crippen LogP contribution in [-0.2, 0) is 9.84 Å². The van der Waals surface area contributed by atoms with Crippen molar-refractivity contribution >= 4 is 27.2 Å². The molecular formula is C25H25N11O3S. The molecule has 0 radical (unpaired) electrons. The Hall–Kier alpha value is -4.66. The van der Waals surface area contributed by atoms with Crippen molar-refractivity contribution in [3.63, 3.8) is 0 Å². The van der Waals surface area contributed by atoms with E-state index in [4.69, 9.17) is 10.7 Å². The van der Waals surface area contributed by atoms with Gasteiger partial charge in [0.1, 0.15) is 17.0 Å². The molecule has 2 aliphatic rings. The van der Waals surface area contributed by atoms with Crippen molar-refractivity contribution in [1.29, 1.82) is 0 Å². The number of hydrogen-bond donors (Lipinski definition) is 3. The number of nitrogens with two attached hydrogens (primary N) is 1. The van der Waals surface area contributed by atoms with Gasteiger partial charge in [0.05, 0.1) is 23.8 Å². The lowest BCUT2D eigenvalue weighted by Gasteiger charge is -2.38. The van der Waals surface area contributed by atoms with Gasteiger partial charge >= 0.3 is 0 Å². The smallest absolute Gasteiger partial charge is 0.292 e. The number of pyridine rings is 1. The first-order valence-electron chi connectivity index (χ1n) is 12.8. The molecule has 1 unspecified atom stereocenters. The van der Waals surface area contributed by atoms with Crippen molar-refractivity contribution in [2.24, 2.45) is 0 Å². The topological polar surface area (TPSA) is 194 Å². The summed E-state index contributed by atoms with van der Waals surface area (Å²) in [7, 11) is -3.74. The Morgan fingerprint density at radius 2 is 1.90 bits per heavy atom. The fourth-order valence-corrected chi connectivity index (χ4v) is 7.22. The Labute approximate surface area is 228 Å². The van der Waals surface area contributed by atoms with Crippen molar-refractivity contribution < 1.29 is 13.2 Å². The number of hydrogen-bond acceptors (Lipinski definition) is 10. The standard InChI is InChI=1S/C25H25N11O3S/c1-40(38,39)21-20(14-6-16-3-4-17(7-14)35(16)25(37)23-28-12-31-34-23)33-24-18(11-32-36(24)22(21)26)13-2-5-19(27-8-13)15-9-29-30-10-15/h2,5,8-12,14,16-17H,3-4,6-7,26H2,1H3,(H,29,30)(H,28,31,34)/t14?,16-,17+. The number of nitrogens with one attached hydrogen (secondary N) is 2. The molecule has 2 fully saturated rings. The van der Waals surface area contributed by atoms with E-state index in [-0.39, 0.29) is 40.4 Å². The first-order valence-corrected chi connectivity index (χ1v) is 14.7. The molecule has 204 valence electrons. The van der Waals surface area contributed by atoms with Gasteiger partial charge in [-0.25, -0.2) is 13.4 Å². The zero-order chi connectivity index (χ0) is 27.6. The normalized spacial score (nSPS) is 20.8. The molecule has 14 nitrogen and oxygen atoms in total. The van der Waals surface area contributed by atoms with Crippen molar-refractivity contribution in [3.8, 4) is 22.4 Å². The molecular weight excluding hydrogens is 534 g/mol. The Balaban J connectivity index is 1.29. The van der Waals surface area contributed by atoms with Gasteiger partial charge in [-0.3, -0.25) is 14.9 Å². The highest BCUT2D eigenvalue weighted by Gasteiger charge is 2.46. The van der Waals surface area contributed by atoms with E-state index in [9.17, 15) is 13.2 Å². The molecule has 0 aromatic carbocycles. The summed E-state index contributed by atoms with van der Waals surface area (Å²) in [5.41, 5.74) is 10.4. The molecule has 0 saturated carbocycles. The fraction of sp³-hybridized carbons (Fsp3) is 0.320. The summed E-state index contributed by atoms with van der Waals surface area (Å²) in [5, 5.41) is 18.7. The van der Waals surface area contributed by atoms with Crippen LogP contribution in [0.3, 0.4) is 0 Å². The number of sulfone groups is 1. The number of aromatic nitrogens is 9. The van der Waals surface area contributed by atoms with Gasteiger partial charge < -0.3 is 15.6 Å².